The van der Waals surface area contributed by atoms with E-state index in [0.717, 1.165) is 36.5 Å². The quantitative estimate of drug-likeness (QED) is 0.383. The van der Waals surface area contributed by atoms with Crippen molar-refractivity contribution in [3.63, 3.8) is 0 Å². The number of carboxylic acid groups (broad SMARTS) is 1. The maximum absolute atomic E-state index is 10.9. The molecule has 3 aromatic rings. The van der Waals surface area contributed by atoms with Gasteiger partial charge in [0.05, 0.1) is 5.92 Å². The van der Waals surface area contributed by atoms with Crippen LogP contribution in [0.2, 0.25) is 0 Å². The molecule has 0 aromatic heterocycles. The van der Waals surface area contributed by atoms with Crippen LogP contribution in [0.4, 0.5) is 0 Å². The monoisotopic (exact) mass is 447 g/mol. The molecule has 0 amide bonds. The van der Waals surface area contributed by atoms with Gasteiger partial charge in [-0.05, 0) is 46.9 Å². The van der Waals surface area contributed by atoms with Crippen molar-refractivity contribution in [2.45, 2.75) is 45.5 Å². The standard InChI is InChI=1S/C28H27NO3.Na/c1-2-5-24(16-28(30)31)23-12-14-27(15-13-23)32-20-22-10-8-21(9-11-22)17-29-18-25-6-3-4-7-26(25)19-29;/h3-4,6-15,24H,16-20H2,1H3,(H,30,31);/q;+1/p-1/t24-;/m0./s1. The summed E-state index contributed by atoms with van der Waals surface area (Å²) in [6.45, 7) is 5.13. The van der Waals surface area contributed by atoms with Gasteiger partial charge in [0.15, 0.2) is 0 Å². The van der Waals surface area contributed by atoms with Gasteiger partial charge in [-0.2, -0.15) is 0 Å². The topological polar surface area (TPSA) is 52.6 Å². The second-order valence-corrected chi connectivity index (χ2v) is 8.11. The number of fused-ring (bicyclic) bond motifs is 1. The molecule has 4 rings (SSSR count). The smallest absolute Gasteiger partial charge is 0.550 e. The SMILES string of the molecule is CC#C[C@@H](CC(=O)[O-])c1ccc(OCc2ccc(CN3Cc4ccccc4C3)cc2)cc1.[Na+]. The van der Waals surface area contributed by atoms with Crippen LogP contribution in [0.5, 0.6) is 5.75 Å². The zero-order valence-electron chi connectivity index (χ0n) is 19.2. The van der Waals surface area contributed by atoms with Crippen molar-refractivity contribution in [3.05, 3.63) is 101 Å². The van der Waals surface area contributed by atoms with Crippen molar-refractivity contribution < 1.29 is 44.2 Å². The molecule has 0 bridgehead atoms. The first-order valence-electron chi connectivity index (χ1n) is 10.8. The molecule has 0 saturated heterocycles. The number of nitrogens with zero attached hydrogens (tertiary/aromatic N) is 1. The predicted molar refractivity (Wildman–Crippen MR) is 122 cm³/mol. The number of ether oxygens (including phenoxy) is 1. The summed E-state index contributed by atoms with van der Waals surface area (Å²) >= 11 is 0. The van der Waals surface area contributed by atoms with Gasteiger partial charge in [-0.1, -0.05) is 66.6 Å². The van der Waals surface area contributed by atoms with E-state index in [4.69, 9.17) is 4.74 Å². The van der Waals surface area contributed by atoms with Gasteiger partial charge in [-0.3, -0.25) is 4.90 Å². The average Bonchev–Trinajstić information content (AvgIpc) is 3.21. The van der Waals surface area contributed by atoms with Crippen LogP contribution in [-0.2, 0) is 31.0 Å². The second-order valence-electron chi connectivity index (χ2n) is 8.11. The third kappa shape index (κ3) is 6.96. The Morgan fingerprint density at radius 1 is 0.970 bits per heavy atom. The third-order valence-corrected chi connectivity index (χ3v) is 5.71. The molecule has 0 fully saturated rings. The number of rotatable bonds is 8. The number of aliphatic carboxylic acids is 1. The molecule has 0 spiro atoms. The number of carbonyl (C=O) groups is 1. The van der Waals surface area contributed by atoms with Gasteiger partial charge in [-0.25, -0.2) is 0 Å². The summed E-state index contributed by atoms with van der Waals surface area (Å²) in [6, 6.07) is 24.6. The van der Waals surface area contributed by atoms with Crippen molar-refractivity contribution in [1.82, 2.24) is 4.90 Å². The van der Waals surface area contributed by atoms with E-state index in [1.807, 2.05) is 24.3 Å². The van der Waals surface area contributed by atoms with Gasteiger partial charge in [0.25, 0.3) is 0 Å². The molecule has 1 aliphatic heterocycles. The van der Waals surface area contributed by atoms with Crippen molar-refractivity contribution in [2.75, 3.05) is 0 Å². The summed E-state index contributed by atoms with van der Waals surface area (Å²) in [5.74, 6) is 4.99. The van der Waals surface area contributed by atoms with E-state index in [1.54, 1.807) is 6.92 Å². The van der Waals surface area contributed by atoms with Crippen LogP contribution >= 0.6 is 0 Å². The molecule has 0 saturated carbocycles. The zero-order chi connectivity index (χ0) is 22.3. The first kappa shape index (κ1) is 25.1. The number of hydrogen-bond acceptors (Lipinski definition) is 4. The molecule has 0 radical (unpaired) electrons. The van der Waals surface area contributed by atoms with Crippen molar-refractivity contribution in [1.29, 1.82) is 0 Å². The zero-order valence-corrected chi connectivity index (χ0v) is 21.2. The van der Waals surface area contributed by atoms with Gasteiger partial charge >= 0.3 is 29.6 Å². The first-order chi connectivity index (χ1) is 15.6. The van der Waals surface area contributed by atoms with Crippen LogP contribution in [0.25, 0.3) is 0 Å². The Hall–Kier alpha value is -2.55. The summed E-state index contributed by atoms with van der Waals surface area (Å²) in [5, 5.41) is 10.9. The molecule has 5 heteroatoms. The van der Waals surface area contributed by atoms with Crippen molar-refractivity contribution in [3.8, 4) is 17.6 Å². The fraction of sp³-hybridized carbons (Fsp3) is 0.250. The number of benzene rings is 3. The Morgan fingerprint density at radius 2 is 1.58 bits per heavy atom. The Bertz CT molecular complexity index is 1110. The number of carbonyl (C=O) groups excluding carboxylic acids is 1. The Morgan fingerprint density at radius 3 is 2.15 bits per heavy atom. The molecule has 1 heterocycles. The Balaban J connectivity index is 0.00000306. The maximum atomic E-state index is 10.9. The Kier molecular flexibility index (Phi) is 9.17. The molecule has 33 heavy (non-hydrogen) atoms. The van der Waals surface area contributed by atoms with E-state index in [1.165, 1.54) is 16.7 Å². The normalized spacial score (nSPS) is 13.2. The van der Waals surface area contributed by atoms with E-state index >= 15 is 0 Å². The fourth-order valence-corrected chi connectivity index (χ4v) is 4.07. The minimum atomic E-state index is -1.10. The van der Waals surface area contributed by atoms with Gasteiger partial charge < -0.3 is 14.6 Å². The summed E-state index contributed by atoms with van der Waals surface area (Å²) in [5.41, 5.74) is 6.10. The third-order valence-electron chi connectivity index (χ3n) is 5.71. The number of carboxylic acids is 1. The van der Waals surface area contributed by atoms with Crippen LogP contribution in [0, 0.1) is 11.8 Å². The molecule has 3 aromatic carbocycles. The molecular formula is C28H26NNaO3. The first-order valence-corrected chi connectivity index (χ1v) is 10.8. The number of hydrogen-bond donors (Lipinski definition) is 0. The minimum Gasteiger partial charge on any atom is -0.550 e. The average molecular weight is 448 g/mol. The Labute approximate surface area is 217 Å². The second kappa shape index (κ2) is 12.1. The molecule has 1 atom stereocenters. The van der Waals surface area contributed by atoms with Gasteiger partial charge in [0, 0.05) is 32.0 Å². The van der Waals surface area contributed by atoms with Crippen LogP contribution in [0.3, 0.4) is 0 Å². The van der Waals surface area contributed by atoms with E-state index in [9.17, 15) is 9.90 Å². The summed E-state index contributed by atoms with van der Waals surface area (Å²) in [6.07, 6.45) is -0.114. The molecule has 0 aliphatic carbocycles. The summed E-state index contributed by atoms with van der Waals surface area (Å²) in [4.78, 5) is 13.4. The van der Waals surface area contributed by atoms with Crippen LogP contribution in [-0.4, -0.2) is 10.9 Å². The van der Waals surface area contributed by atoms with E-state index in [0.29, 0.717) is 6.61 Å². The molecule has 1 aliphatic rings. The largest absolute Gasteiger partial charge is 1.00 e. The molecule has 4 nitrogen and oxygen atoms in total. The molecular weight excluding hydrogens is 421 g/mol. The summed E-state index contributed by atoms with van der Waals surface area (Å²) in [7, 11) is 0. The van der Waals surface area contributed by atoms with Crippen molar-refractivity contribution in [2.24, 2.45) is 0 Å². The van der Waals surface area contributed by atoms with Crippen LogP contribution in [0.15, 0.2) is 72.8 Å². The molecule has 0 unspecified atom stereocenters. The van der Waals surface area contributed by atoms with E-state index in [-0.39, 0.29) is 41.9 Å². The summed E-state index contributed by atoms with van der Waals surface area (Å²) < 4.78 is 5.91. The molecule has 162 valence electrons. The molecule has 0 N–H and O–H groups in total. The van der Waals surface area contributed by atoms with E-state index in [2.05, 4.69) is 65.3 Å². The minimum absolute atomic E-state index is 0. The van der Waals surface area contributed by atoms with Gasteiger partial charge in [0.1, 0.15) is 12.4 Å². The van der Waals surface area contributed by atoms with Gasteiger partial charge in [0.2, 0.25) is 0 Å². The van der Waals surface area contributed by atoms with Gasteiger partial charge in [-0.15, -0.1) is 5.92 Å². The van der Waals surface area contributed by atoms with E-state index < -0.39 is 5.97 Å². The fourth-order valence-electron chi connectivity index (χ4n) is 4.07. The predicted octanol–water partition coefficient (Wildman–Crippen LogP) is 1.03. The van der Waals surface area contributed by atoms with Crippen LogP contribution in [0.1, 0.15) is 47.1 Å². The van der Waals surface area contributed by atoms with Crippen LogP contribution < -0.4 is 39.4 Å². The van der Waals surface area contributed by atoms with Crippen molar-refractivity contribution >= 4 is 5.97 Å². The maximum Gasteiger partial charge on any atom is 1.00 e.